The molecule has 1 heterocycles. The Kier molecular flexibility index (Phi) is 4.12. The zero-order valence-corrected chi connectivity index (χ0v) is 13.0. The first-order valence-electron chi connectivity index (χ1n) is 6.92. The first kappa shape index (κ1) is 15.2. The van der Waals surface area contributed by atoms with Crippen LogP contribution < -0.4 is 5.32 Å². The van der Waals surface area contributed by atoms with Crippen molar-refractivity contribution in [1.82, 2.24) is 10.2 Å². The van der Waals surface area contributed by atoms with Crippen LogP contribution in [-0.2, 0) is 0 Å². The van der Waals surface area contributed by atoms with Crippen LogP contribution in [-0.4, -0.2) is 16.1 Å². The van der Waals surface area contributed by atoms with Gasteiger partial charge in [-0.3, -0.25) is 9.89 Å². The van der Waals surface area contributed by atoms with Crippen LogP contribution in [0.2, 0.25) is 5.02 Å². The van der Waals surface area contributed by atoms with Gasteiger partial charge in [-0.05, 0) is 48.9 Å². The van der Waals surface area contributed by atoms with Crippen molar-refractivity contribution < 1.29 is 9.18 Å². The molecule has 0 aliphatic rings. The van der Waals surface area contributed by atoms with Crippen LogP contribution in [0.3, 0.4) is 0 Å². The molecule has 0 bridgehead atoms. The zero-order chi connectivity index (χ0) is 16.4. The predicted molar refractivity (Wildman–Crippen MR) is 88.1 cm³/mol. The van der Waals surface area contributed by atoms with E-state index in [1.165, 1.54) is 12.1 Å². The SMILES string of the molecule is Cc1cc(NC(=O)c2cc(-c3ccc(Cl)cc3)n[nH]2)ccc1F. The van der Waals surface area contributed by atoms with Crippen LogP contribution in [0.15, 0.2) is 48.5 Å². The third kappa shape index (κ3) is 3.40. The summed E-state index contributed by atoms with van der Waals surface area (Å²) < 4.78 is 13.2. The van der Waals surface area contributed by atoms with Crippen LogP contribution in [0.25, 0.3) is 11.3 Å². The van der Waals surface area contributed by atoms with Gasteiger partial charge in [0.25, 0.3) is 5.91 Å². The van der Waals surface area contributed by atoms with E-state index in [0.717, 1.165) is 5.56 Å². The monoisotopic (exact) mass is 329 g/mol. The van der Waals surface area contributed by atoms with Crippen molar-refractivity contribution in [3.8, 4) is 11.3 Å². The average molecular weight is 330 g/mol. The molecule has 2 aromatic carbocycles. The lowest BCUT2D eigenvalue weighted by atomic mass is 10.1. The van der Waals surface area contributed by atoms with Crippen LogP contribution >= 0.6 is 11.6 Å². The lowest BCUT2D eigenvalue weighted by molar-refractivity contribution is 0.102. The summed E-state index contributed by atoms with van der Waals surface area (Å²) in [6, 6.07) is 13.2. The number of aryl methyl sites for hydroxylation is 1. The third-order valence-corrected chi connectivity index (χ3v) is 3.63. The number of aromatic amines is 1. The number of H-pyrrole nitrogens is 1. The van der Waals surface area contributed by atoms with Gasteiger partial charge in [0.2, 0.25) is 0 Å². The van der Waals surface area contributed by atoms with Crippen molar-refractivity contribution in [3.63, 3.8) is 0 Å². The van der Waals surface area contributed by atoms with Gasteiger partial charge in [-0.15, -0.1) is 0 Å². The second kappa shape index (κ2) is 6.22. The van der Waals surface area contributed by atoms with E-state index in [4.69, 9.17) is 11.6 Å². The molecule has 0 saturated heterocycles. The Morgan fingerprint density at radius 3 is 2.61 bits per heavy atom. The molecule has 0 unspecified atom stereocenters. The van der Waals surface area contributed by atoms with Gasteiger partial charge in [-0.2, -0.15) is 5.10 Å². The summed E-state index contributed by atoms with van der Waals surface area (Å²) >= 11 is 5.85. The molecule has 2 N–H and O–H groups in total. The van der Waals surface area contributed by atoms with Crippen LogP contribution in [0.4, 0.5) is 10.1 Å². The molecule has 0 spiro atoms. The number of amides is 1. The van der Waals surface area contributed by atoms with Crippen LogP contribution in [0, 0.1) is 12.7 Å². The fourth-order valence-electron chi connectivity index (χ4n) is 2.13. The number of aromatic nitrogens is 2. The Labute approximate surface area is 137 Å². The minimum atomic E-state index is -0.344. The van der Waals surface area contributed by atoms with Gasteiger partial charge in [-0.1, -0.05) is 23.7 Å². The number of anilines is 1. The van der Waals surface area contributed by atoms with Crippen LogP contribution in [0.1, 0.15) is 16.1 Å². The van der Waals surface area contributed by atoms with E-state index in [2.05, 4.69) is 15.5 Å². The number of halogens is 2. The molecule has 0 fully saturated rings. The molecule has 6 heteroatoms. The quantitative estimate of drug-likeness (QED) is 0.746. The molecule has 0 saturated carbocycles. The maximum atomic E-state index is 13.2. The maximum absolute atomic E-state index is 13.2. The van der Waals surface area contributed by atoms with E-state index in [9.17, 15) is 9.18 Å². The summed E-state index contributed by atoms with van der Waals surface area (Å²) in [5.41, 5.74) is 2.80. The van der Waals surface area contributed by atoms with Crippen molar-refractivity contribution in [1.29, 1.82) is 0 Å². The maximum Gasteiger partial charge on any atom is 0.273 e. The Hall–Kier alpha value is -2.66. The number of hydrogen-bond donors (Lipinski definition) is 2. The number of carbonyl (C=O) groups excluding carboxylic acids is 1. The summed E-state index contributed by atoms with van der Waals surface area (Å²) in [5, 5.41) is 10.2. The highest BCUT2D eigenvalue weighted by Gasteiger charge is 2.12. The average Bonchev–Trinajstić information content (AvgIpc) is 3.02. The summed E-state index contributed by atoms with van der Waals surface area (Å²) in [6.45, 7) is 1.64. The van der Waals surface area contributed by atoms with Crippen molar-refractivity contribution in [3.05, 3.63) is 70.6 Å². The molecule has 0 aliphatic heterocycles. The second-order valence-corrected chi connectivity index (χ2v) is 5.53. The van der Waals surface area contributed by atoms with Crippen LogP contribution in [0.5, 0.6) is 0 Å². The number of carbonyl (C=O) groups is 1. The number of rotatable bonds is 3. The highest BCUT2D eigenvalue weighted by atomic mass is 35.5. The molecular weight excluding hydrogens is 317 g/mol. The first-order chi connectivity index (χ1) is 11.0. The molecule has 23 heavy (non-hydrogen) atoms. The van der Waals surface area contributed by atoms with E-state index in [1.807, 2.05) is 12.1 Å². The lowest BCUT2D eigenvalue weighted by Gasteiger charge is -2.04. The topological polar surface area (TPSA) is 57.8 Å². The van der Waals surface area contributed by atoms with Gasteiger partial charge in [0.15, 0.2) is 0 Å². The number of hydrogen-bond acceptors (Lipinski definition) is 2. The molecule has 1 amide bonds. The van der Waals surface area contributed by atoms with Gasteiger partial charge in [0.1, 0.15) is 11.5 Å². The Balaban J connectivity index is 1.78. The van der Waals surface area contributed by atoms with Gasteiger partial charge >= 0.3 is 0 Å². The minimum absolute atomic E-state index is 0.311. The molecule has 4 nitrogen and oxygen atoms in total. The van der Waals surface area contributed by atoms with Crippen molar-refractivity contribution >= 4 is 23.2 Å². The second-order valence-electron chi connectivity index (χ2n) is 5.09. The Bertz CT molecular complexity index is 859. The highest BCUT2D eigenvalue weighted by Crippen LogP contribution is 2.21. The number of benzene rings is 2. The lowest BCUT2D eigenvalue weighted by Crippen LogP contribution is -2.12. The van der Waals surface area contributed by atoms with Gasteiger partial charge < -0.3 is 5.32 Å². The Morgan fingerprint density at radius 2 is 1.91 bits per heavy atom. The standard InChI is InChI=1S/C17H13ClFN3O/c1-10-8-13(6-7-14(10)19)20-17(23)16-9-15(21-22-16)11-2-4-12(18)5-3-11/h2-9H,1H3,(H,20,23)(H,21,22). The van der Waals surface area contributed by atoms with E-state index in [0.29, 0.717) is 27.7 Å². The molecule has 0 atom stereocenters. The molecule has 116 valence electrons. The molecule has 0 radical (unpaired) electrons. The largest absolute Gasteiger partial charge is 0.321 e. The number of nitrogens with zero attached hydrogens (tertiary/aromatic N) is 1. The van der Waals surface area contributed by atoms with E-state index >= 15 is 0 Å². The number of nitrogens with one attached hydrogen (secondary N) is 2. The van der Waals surface area contributed by atoms with E-state index < -0.39 is 0 Å². The third-order valence-electron chi connectivity index (χ3n) is 3.38. The normalized spacial score (nSPS) is 10.6. The van der Waals surface area contributed by atoms with E-state index in [1.54, 1.807) is 31.2 Å². The molecule has 3 rings (SSSR count). The fraction of sp³-hybridized carbons (Fsp3) is 0.0588. The predicted octanol–water partition coefficient (Wildman–Crippen LogP) is 4.43. The minimum Gasteiger partial charge on any atom is -0.321 e. The van der Waals surface area contributed by atoms with Gasteiger partial charge in [-0.25, -0.2) is 4.39 Å². The fourth-order valence-corrected chi connectivity index (χ4v) is 2.25. The summed E-state index contributed by atoms with van der Waals surface area (Å²) in [7, 11) is 0. The molecule has 3 aromatic rings. The smallest absolute Gasteiger partial charge is 0.273 e. The Morgan fingerprint density at radius 1 is 1.17 bits per heavy atom. The molecule has 0 aliphatic carbocycles. The summed E-state index contributed by atoms with van der Waals surface area (Å²) in [4.78, 5) is 12.2. The van der Waals surface area contributed by atoms with Crippen molar-refractivity contribution in [2.75, 3.05) is 5.32 Å². The van der Waals surface area contributed by atoms with E-state index in [-0.39, 0.29) is 11.7 Å². The highest BCUT2D eigenvalue weighted by molar-refractivity contribution is 6.30. The molecular formula is C17H13ClFN3O. The molecule has 1 aromatic heterocycles. The first-order valence-corrected chi connectivity index (χ1v) is 7.29. The zero-order valence-electron chi connectivity index (χ0n) is 12.2. The summed E-state index contributed by atoms with van der Waals surface area (Å²) in [6.07, 6.45) is 0. The van der Waals surface area contributed by atoms with Gasteiger partial charge in [0, 0.05) is 16.3 Å². The van der Waals surface area contributed by atoms with Gasteiger partial charge in [0.05, 0.1) is 5.69 Å². The summed E-state index contributed by atoms with van der Waals surface area (Å²) in [5.74, 6) is -0.654. The van der Waals surface area contributed by atoms with Crippen molar-refractivity contribution in [2.45, 2.75) is 6.92 Å². The van der Waals surface area contributed by atoms with Crippen molar-refractivity contribution in [2.24, 2.45) is 0 Å².